The van der Waals surface area contributed by atoms with Crippen LogP contribution in [0.4, 0.5) is 0 Å². The maximum absolute atomic E-state index is 11.3. The third-order valence-electron chi connectivity index (χ3n) is 4.61. The first-order valence-electron chi connectivity index (χ1n) is 7.31. The van der Waals surface area contributed by atoms with Crippen LogP contribution in [0, 0.1) is 5.92 Å². The molecule has 0 radical (unpaired) electrons. The molecule has 5 heteroatoms. The lowest BCUT2D eigenvalue weighted by Crippen LogP contribution is -2.55. The van der Waals surface area contributed by atoms with Gasteiger partial charge in [0.2, 0.25) is 0 Å². The molecule has 3 unspecified atom stereocenters. The molecule has 0 amide bonds. The normalized spacial score (nSPS) is 36.4. The summed E-state index contributed by atoms with van der Waals surface area (Å²) in [6.45, 7) is 2.71. The summed E-state index contributed by atoms with van der Waals surface area (Å²) in [6, 6.07) is 0.289. The Hall–Kier alpha value is -0.650. The Kier molecular flexibility index (Phi) is 4.81. The van der Waals surface area contributed by atoms with Crippen molar-refractivity contribution in [1.29, 1.82) is 0 Å². The number of carboxylic acids is 1. The quantitative estimate of drug-likeness (QED) is 0.799. The molecular formula is C14H26N2O3. The van der Waals surface area contributed by atoms with Gasteiger partial charge in [-0.2, -0.15) is 0 Å². The standard InChI is InChI=1S/C14H26N2O3/c1-16(9-11-4-3-7-19-10-11)12-5-2-6-14(15,8-12)13(17)18/h11-12H,2-10,15H2,1H3,(H,17,18). The summed E-state index contributed by atoms with van der Waals surface area (Å²) in [5.74, 6) is -0.274. The van der Waals surface area contributed by atoms with Gasteiger partial charge >= 0.3 is 5.97 Å². The molecule has 1 saturated heterocycles. The van der Waals surface area contributed by atoms with E-state index in [1.165, 1.54) is 6.42 Å². The molecule has 2 fully saturated rings. The van der Waals surface area contributed by atoms with Crippen molar-refractivity contribution < 1.29 is 14.6 Å². The zero-order chi connectivity index (χ0) is 13.9. The van der Waals surface area contributed by atoms with Crippen molar-refractivity contribution >= 4 is 5.97 Å². The van der Waals surface area contributed by atoms with E-state index in [0.717, 1.165) is 39.0 Å². The second-order valence-electron chi connectivity index (χ2n) is 6.23. The maximum Gasteiger partial charge on any atom is 0.323 e. The lowest BCUT2D eigenvalue weighted by Gasteiger charge is -2.40. The number of rotatable bonds is 4. The van der Waals surface area contributed by atoms with E-state index in [1.54, 1.807) is 0 Å². The summed E-state index contributed by atoms with van der Waals surface area (Å²) in [5.41, 5.74) is 4.98. The lowest BCUT2D eigenvalue weighted by atomic mass is 9.79. The van der Waals surface area contributed by atoms with E-state index in [4.69, 9.17) is 10.5 Å². The second-order valence-corrected chi connectivity index (χ2v) is 6.23. The topological polar surface area (TPSA) is 75.8 Å². The Morgan fingerprint density at radius 3 is 2.89 bits per heavy atom. The zero-order valence-corrected chi connectivity index (χ0v) is 11.8. The first kappa shape index (κ1) is 14.8. The SMILES string of the molecule is CN(CC1CCCOC1)C1CCCC(N)(C(=O)O)C1. The van der Waals surface area contributed by atoms with Crippen molar-refractivity contribution in [2.45, 2.75) is 50.1 Å². The van der Waals surface area contributed by atoms with E-state index in [-0.39, 0.29) is 6.04 Å². The molecule has 0 aromatic heterocycles. The minimum Gasteiger partial charge on any atom is -0.480 e. The molecule has 3 N–H and O–H groups in total. The van der Waals surface area contributed by atoms with Gasteiger partial charge in [0.1, 0.15) is 5.54 Å². The van der Waals surface area contributed by atoms with Crippen molar-refractivity contribution in [2.24, 2.45) is 11.7 Å². The monoisotopic (exact) mass is 270 g/mol. The van der Waals surface area contributed by atoms with Gasteiger partial charge in [0.05, 0.1) is 6.61 Å². The lowest BCUT2D eigenvalue weighted by molar-refractivity contribution is -0.145. The average molecular weight is 270 g/mol. The van der Waals surface area contributed by atoms with Crippen LogP contribution in [0.2, 0.25) is 0 Å². The maximum atomic E-state index is 11.3. The number of ether oxygens (including phenoxy) is 1. The third-order valence-corrected chi connectivity index (χ3v) is 4.61. The van der Waals surface area contributed by atoms with Gasteiger partial charge in [-0.3, -0.25) is 4.79 Å². The highest BCUT2D eigenvalue weighted by molar-refractivity contribution is 5.78. The molecule has 1 heterocycles. The molecule has 0 aromatic carbocycles. The Morgan fingerprint density at radius 1 is 1.47 bits per heavy atom. The molecule has 0 spiro atoms. The predicted octanol–water partition coefficient (Wildman–Crippen LogP) is 1.07. The van der Waals surface area contributed by atoms with E-state index in [2.05, 4.69) is 11.9 Å². The van der Waals surface area contributed by atoms with Crippen LogP contribution in [-0.4, -0.2) is 54.4 Å². The molecule has 2 rings (SSSR count). The number of nitrogens with zero attached hydrogens (tertiary/aromatic N) is 1. The van der Waals surface area contributed by atoms with E-state index < -0.39 is 11.5 Å². The molecule has 110 valence electrons. The summed E-state index contributed by atoms with van der Waals surface area (Å²) >= 11 is 0. The summed E-state index contributed by atoms with van der Waals surface area (Å²) in [6.07, 6.45) is 5.46. The van der Waals surface area contributed by atoms with E-state index >= 15 is 0 Å². The Morgan fingerprint density at radius 2 is 2.26 bits per heavy atom. The predicted molar refractivity (Wildman–Crippen MR) is 73.0 cm³/mol. The van der Waals surface area contributed by atoms with Crippen LogP contribution >= 0.6 is 0 Å². The van der Waals surface area contributed by atoms with Crippen molar-refractivity contribution in [1.82, 2.24) is 4.90 Å². The van der Waals surface area contributed by atoms with E-state index in [1.807, 2.05) is 0 Å². The zero-order valence-electron chi connectivity index (χ0n) is 11.8. The van der Waals surface area contributed by atoms with Crippen molar-refractivity contribution in [3.05, 3.63) is 0 Å². The van der Waals surface area contributed by atoms with E-state index in [9.17, 15) is 9.90 Å². The fraction of sp³-hybridized carbons (Fsp3) is 0.929. The average Bonchev–Trinajstić information content (AvgIpc) is 2.40. The molecule has 3 atom stereocenters. The van der Waals surface area contributed by atoms with Gasteiger partial charge in [0.25, 0.3) is 0 Å². The van der Waals surface area contributed by atoms with Crippen LogP contribution < -0.4 is 5.73 Å². The fourth-order valence-corrected chi connectivity index (χ4v) is 3.36. The molecular weight excluding hydrogens is 244 g/mol. The van der Waals surface area contributed by atoms with Crippen LogP contribution in [-0.2, 0) is 9.53 Å². The minimum absolute atomic E-state index is 0.289. The van der Waals surface area contributed by atoms with E-state index in [0.29, 0.717) is 18.8 Å². The fourth-order valence-electron chi connectivity index (χ4n) is 3.36. The van der Waals surface area contributed by atoms with Crippen molar-refractivity contribution in [2.75, 3.05) is 26.8 Å². The first-order valence-corrected chi connectivity index (χ1v) is 7.31. The molecule has 19 heavy (non-hydrogen) atoms. The number of carbonyl (C=O) groups is 1. The summed E-state index contributed by atoms with van der Waals surface area (Å²) < 4.78 is 5.50. The molecule has 1 aliphatic heterocycles. The van der Waals surface area contributed by atoms with Crippen LogP contribution in [0.15, 0.2) is 0 Å². The number of hydrogen-bond donors (Lipinski definition) is 2. The largest absolute Gasteiger partial charge is 0.480 e. The summed E-state index contributed by atoms with van der Waals surface area (Å²) in [7, 11) is 2.09. The van der Waals surface area contributed by atoms with Gasteiger partial charge in [0.15, 0.2) is 0 Å². The van der Waals surface area contributed by atoms with Crippen LogP contribution in [0.5, 0.6) is 0 Å². The van der Waals surface area contributed by atoms with Crippen molar-refractivity contribution in [3.63, 3.8) is 0 Å². The van der Waals surface area contributed by atoms with Crippen LogP contribution in [0.25, 0.3) is 0 Å². The molecule has 1 aliphatic carbocycles. The minimum atomic E-state index is -1.03. The Labute approximate surface area is 115 Å². The number of carboxylic acid groups (broad SMARTS) is 1. The second kappa shape index (κ2) is 6.20. The number of hydrogen-bond acceptors (Lipinski definition) is 4. The van der Waals surface area contributed by atoms with Gasteiger partial charge in [-0.15, -0.1) is 0 Å². The molecule has 0 aromatic rings. The van der Waals surface area contributed by atoms with Crippen LogP contribution in [0.1, 0.15) is 38.5 Å². The highest BCUT2D eigenvalue weighted by Crippen LogP contribution is 2.30. The van der Waals surface area contributed by atoms with Gasteiger partial charge in [-0.05, 0) is 51.5 Å². The smallest absolute Gasteiger partial charge is 0.323 e. The molecule has 1 saturated carbocycles. The Bertz CT molecular complexity index is 318. The van der Waals surface area contributed by atoms with Crippen molar-refractivity contribution in [3.8, 4) is 0 Å². The van der Waals surface area contributed by atoms with Gasteiger partial charge < -0.3 is 20.5 Å². The highest BCUT2D eigenvalue weighted by Gasteiger charge is 2.40. The number of nitrogens with two attached hydrogens (primary N) is 1. The summed E-state index contributed by atoms with van der Waals surface area (Å²) in [4.78, 5) is 13.6. The third kappa shape index (κ3) is 3.68. The molecule has 5 nitrogen and oxygen atoms in total. The molecule has 2 aliphatic rings. The van der Waals surface area contributed by atoms with Gasteiger partial charge in [-0.25, -0.2) is 0 Å². The van der Waals surface area contributed by atoms with Gasteiger partial charge in [0, 0.05) is 19.2 Å². The number of aliphatic carboxylic acids is 1. The van der Waals surface area contributed by atoms with Crippen LogP contribution in [0.3, 0.4) is 0 Å². The first-order chi connectivity index (χ1) is 9.01. The van der Waals surface area contributed by atoms with Gasteiger partial charge in [-0.1, -0.05) is 0 Å². The Balaban J connectivity index is 1.87. The summed E-state index contributed by atoms with van der Waals surface area (Å²) in [5, 5.41) is 9.25. The molecule has 0 bridgehead atoms. The highest BCUT2D eigenvalue weighted by atomic mass is 16.5.